The molecule has 0 saturated heterocycles. The van der Waals surface area contributed by atoms with E-state index >= 15 is 0 Å². The van der Waals surface area contributed by atoms with Crippen LogP contribution in [0, 0.1) is 0 Å². The monoisotopic (exact) mass is 194 g/mol. The fourth-order valence-corrected chi connectivity index (χ4v) is 0.313. The van der Waals surface area contributed by atoms with Crippen molar-refractivity contribution in [1.29, 1.82) is 0 Å². The minimum atomic E-state index is 0. The minimum absolute atomic E-state index is 0. The minimum Gasteiger partial charge on any atom is -0.410 e. The summed E-state index contributed by atoms with van der Waals surface area (Å²) in [6, 6.07) is 5.72. The second-order valence-electron chi connectivity index (χ2n) is 1.24. The maximum atomic E-state index is 7.31. The summed E-state index contributed by atoms with van der Waals surface area (Å²) in [7, 11) is 0. The van der Waals surface area contributed by atoms with Gasteiger partial charge >= 0.3 is 0 Å². The SMILES string of the molecule is Cl.ON=CCl.c1ccncc1. The Kier molecular flexibility index (Phi) is 13.9. The van der Waals surface area contributed by atoms with E-state index in [2.05, 4.69) is 21.7 Å². The Morgan fingerprint density at radius 1 is 1.27 bits per heavy atom. The molecule has 0 saturated carbocycles. The van der Waals surface area contributed by atoms with Crippen LogP contribution in [0.1, 0.15) is 0 Å². The molecule has 11 heavy (non-hydrogen) atoms. The van der Waals surface area contributed by atoms with Gasteiger partial charge in [-0.15, -0.1) is 12.4 Å². The highest BCUT2D eigenvalue weighted by atomic mass is 35.5. The van der Waals surface area contributed by atoms with Crippen LogP contribution in [0.25, 0.3) is 0 Å². The molecular weight excluding hydrogens is 187 g/mol. The van der Waals surface area contributed by atoms with Crippen LogP contribution in [0.5, 0.6) is 0 Å². The summed E-state index contributed by atoms with van der Waals surface area (Å²) in [6.45, 7) is 0. The van der Waals surface area contributed by atoms with Crippen molar-refractivity contribution in [3.63, 3.8) is 0 Å². The maximum absolute atomic E-state index is 7.31. The third-order valence-electron chi connectivity index (χ3n) is 0.610. The van der Waals surface area contributed by atoms with Crippen LogP contribution in [-0.2, 0) is 0 Å². The first-order valence-electron chi connectivity index (χ1n) is 2.53. The van der Waals surface area contributed by atoms with Gasteiger partial charge < -0.3 is 5.21 Å². The standard InChI is InChI=1S/C5H5N.CH2ClNO.ClH/c1-2-4-6-5-3-1;2-1-3-4;/h1-5H;1,4H;1H. The first-order chi connectivity index (χ1) is 4.91. The van der Waals surface area contributed by atoms with E-state index in [1.165, 1.54) is 0 Å². The summed E-state index contributed by atoms with van der Waals surface area (Å²) in [5.41, 5.74) is 0.778. The highest BCUT2D eigenvalue weighted by Gasteiger charge is 1.58. The lowest BCUT2D eigenvalue weighted by atomic mass is 10.5. The quantitative estimate of drug-likeness (QED) is 0.391. The van der Waals surface area contributed by atoms with E-state index < -0.39 is 0 Å². The topological polar surface area (TPSA) is 45.5 Å². The molecule has 0 unspecified atom stereocenters. The van der Waals surface area contributed by atoms with Gasteiger partial charge in [-0.2, -0.15) is 0 Å². The molecule has 0 aliphatic carbocycles. The van der Waals surface area contributed by atoms with E-state index in [-0.39, 0.29) is 12.4 Å². The first-order valence-corrected chi connectivity index (χ1v) is 2.96. The van der Waals surface area contributed by atoms with Gasteiger partial charge in [-0.3, -0.25) is 4.98 Å². The predicted molar refractivity (Wildman–Crippen MR) is 47.6 cm³/mol. The van der Waals surface area contributed by atoms with Gasteiger partial charge in [0, 0.05) is 12.4 Å². The van der Waals surface area contributed by atoms with Crippen molar-refractivity contribution in [1.82, 2.24) is 4.98 Å². The van der Waals surface area contributed by atoms with Gasteiger partial charge in [0.05, 0.1) is 0 Å². The average Bonchev–Trinajstić information content (AvgIpc) is 2.08. The van der Waals surface area contributed by atoms with Crippen molar-refractivity contribution < 1.29 is 5.21 Å². The molecule has 5 heteroatoms. The Bertz CT molecular complexity index is 139. The van der Waals surface area contributed by atoms with Crippen molar-refractivity contribution >= 4 is 29.7 Å². The number of rotatable bonds is 0. The van der Waals surface area contributed by atoms with E-state index in [4.69, 9.17) is 5.21 Å². The summed E-state index contributed by atoms with van der Waals surface area (Å²) >= 11 is 4.64. The van der Waals surface area contributed by atoms with Crippen molar-refractivity contribution in [2.45, 2.75) is 0 Å². The Morgan fingerprint density at radius 3 is 1.82 bits per heavy atom. The first kappa shape index (κ1) is 12.8. The van der Waals surface area contributed by atoms with Gasteiger partial charge in [-0.05, 0) is 12.1 Å². The largest absolute Gasteiger partial charge is 0.410 e. The molecule has 0 spiro atoms. The lowest BCUT2D eigenvalue weighted by Gasteiger charge is -1.70. The molecule has 1 N–H and O–H groups in total. The highest BCUT2D eigenvalue weighted by molar-refractivity contribution is 6.56. The maximum Gasteiger partial charge on any atom is 0.132 e. The average molecular weight is 195 g/mol. The number of pyridine rings is 1. The molecule has 1 aromatic rings. The van der Waals surface area contributed by atoms with Crippen LogP contribution in [0.15, 0.2) is 35.7 Å². The summed E-state index contributed by atoms with van der Waals surface area (Å²) in [5, 5.41) is 9.69. The molecule has 1 heterocycles. The highest BCUT2D eigenvalue weighted by Crippen LogP contribution is 1.73. The lowest BCUT2D eigenvalue weighted by molar-refractivity contribution is 0.323. The molecule has 1 rings (SSSR count). The molecule has 0 atom stereocenters. The fraction of sp³-hybridized carbons (Fsp3) is 0. The second-order valence-corrected chi connectivity index (χ2v) is 1.43. The Hall–Kier alpha value is -0.800. The zero-order valence-electron chi connectivity index (χ0n) is 5.59. The van der Waals surface area contributed by atoms with Crippen LogP contribution in [-0.4, -0.2) is 15.9 Å². The van der Waals surface area contributed by atoms with Gasteiger partial charge in [0.2, 0.25) is 0 Å². The van der Waals surface area contributed by atoms with Crippen molar-refractivity contribution in [2.75, 3.05) is 0 Å². The van der Waals surface area contributed by atoms with Gasteiger partial charge in [0.1, 0.15) is 5.67 Å². The smallest absolute Gasteiger partial charge is 0.132 e. The molecule has 1 aromatic heterocycles. The van der Waals surface area contributed by atoms with Crippen molar-refractivity contribution in [2.24, 2.45) is 5.16 Å². The fourth-order valence-electron chi connectivity index (χ4n) is 0.313. The van der Waals surface area contributed by atoms with Crippen LogP contribution < -0.4 is 0 Å². The van der Waals surface area contributed by atoms with Crippen molar-refractivity contribution in [3.8, 4) is 0 Å². The zero-order valence-corrected chi connectivity index (χ0v) is 7.16. The zero-order chi connectivity index (χ0) is 7.66. The van der Waals surface area contributed by atoms with E-state index in [1.807, 2.05) is 18.2 Å². The number of halogens is 2. The van der Waals surface area contributed by atoms with Gasteiger partial charge in [0.25, 0.3) is 0 Å². The van der Waals surface area contributed by atoms with Crippen LogP contribution >= 0.6 is 24.0 Å². The number of hydrogen-bond donors (Lipinski definition) is 1. The van der Waals surface area contributed by atoms with E-state index in [0.717, 1.165) is 5.67 Å². The molecule has 0 radical (unpaired) electrons. The van der Waals surface area contributed by atoms with Gasteiger partial charge in [-0.25, -0.2) is 0 Å². The van der Waals surface area contributed by atoms with Gasteiger partial charge in [0.15, 0.2) is 0 Å². The Balaban J connectivity index is 0. The van der Waals surface area contributed by atoms with Gasteiger partial charge in [-0.1, -0.05) is 22.8 Å². The van der Waals surface area contributed by atoms with E-state index in [0.29, 0.717) is 0 Å². The number of oxime groups is 1. The number of nitrogens with zero attached hydrogens (tertiary/aromatic N) is 2. The molecule has 0 fully saturated rings. The van der Waals surface area contributed by atoms with E-state index in [1.54, 1.807) is 12.4 Å². The predicted octanol–water partition coefficient (Wildman–Crippen LogP) is 2.15. The third-order valence-corrected chi connectivity index (χ3v) is 0.697. The molecular formula is C6H8Cl2N2O. The summed E-state index contributed by atoms with van der Waals surface area (Å²) in [5.74, 6) is 0. The Morgan fingerprint density at radius 2 is 1.73 bits per heavy atom. The second kappa shape index (κ2) is 11.9. The Labute approximate surface area is 76.1 Å². The van der Waals surface area contributed by atoms with Crippen molar-refractivity contribution in [3.05, 3.63) is 30.6 Å². The number of aromatic nitrogens is 1. The number of hydrogen-bond acceptors (Lipinski definition) is 3. The molecule has 62 valence electrons. The summed E-state index contributed by atoms with van der Waals surface area (Å²) in [6.07, 6.45) is 3.50. The molecule has 0 bridgehead atoms. The molecule has 0 aliphatic rings. The van der Waals surface area contributed by atoms with Crippen LogP contribution in [0.2, 0.25) is 0 Å². The van der Waals surface area contributed by atoms with Crippen LogP contribution in [0.4, 0.5) is 0 Å². The normalized spacial score (nSPS) is 7.73. The summed E-state index contributed by atoms with van der Waals surface area (Å²) in [4.78, 5) is 3.78. The van der Waals surface area contributed by atoms with Crippen LogP contribution in [0.3, 0.4) is 0 Å². The molecule has 0 aromatic carbocycles. The molecule has 3 nitrogen and oxygen atoms in total. The van der Waals surface area contributed by atoms with E-state index in [9.17, 15) is 0 Å². The summed E-state index contributed by atoms with van der Waals surface area (Å²) < 4.78 is 0. The third kappa shape index (κ3) is 12.4. The molecule has 0 amide bonds. The molecule has 0 aliphatic heterocycles. The lowest BCUT2D eigenvalue weighted by Crippen LogP contribution is -1.58.